The quantitative estimate of drug-likeness (QED) is 0.157. The molecule has 1 aliphatic carbocycles. The fourth-order valence-corrected chi connectivity index (χ4v) is 6.37. The molecule has 0 N–H and O–H groups in total. The van der Waals surface area contributed by atoms with E-state index in [4.69, 9.17) is 0 Å². The van der Waals surface area contributed by atoms with Crippen LogP contribution in [0.5, 0.6) is 0 Å². The first-order chi connectivity index (χ1) is 19.4. The number of fused-ring (bicyclic) bond motifs is 2. The number of nitrogens with zero attached hydrogens (tertiary/aromatic N) is 1. The highest BCUT2D eigenvalue weighted by atomic mass is 19.4. The second-order valence-corrected chi connectivity index (χ2v) is 11.3. The van der Waals surface area contributed by atoms with Crippen molar-refractivity contribution in [1.82, 2.24) is 4.57 Å². The fraction of sp³-hybridized carbons (Fsp3) is 0.389. The smallest absolute Gasteiger partial charge is 0.347 e. The maximum atomic E-state index is 13.5. The molecule has 3 aromatic carbocycles. The number of benzene rings is 3. The fourth-order valence-electron chi connectivity index (χ4n) is 6.37. The van der Waals surface area contributed by atoms with Crippen LogP contribution in [0.1, 0.15) is 105 Å². The highest BCUT2D eigenvalue weighted by Crippen LogP contribution is 2.46. The van der Waals surface area contributed by atoms with E-state index < -0.39 is 11.7 Å². The lowest BCUT2D eigenvalue weighted by Gasteiger charge is -2.20. The number of aromatic nitrogens is 1. The van der Waals surface area contributed by atoms with Gasteiger partial charge in [-0.25, -0.2) is 0 Å². The molecule has 2 unspecified atom stereocenters. The summed E-state index contributed by atoms with van der Waals surface area (Å²) in [4.78, 5) is 0. The van der Waals surface area contributed by atoms with E-state index >= 15 is 0 Å². The first kappa shape index (κ1) is 28.3. The second kappa shape index (κ2) is 12.5. The summed E-state index contributed by atoms with van der Waals surface area (Å²) >= 11 is 0. The molecule has 1 heterocycles. The molecule has 5 rings (SSSR count). The monoisotopic (exact) mass is 543 g/mol. The molecule has 0 fully saturated rings. The summed E-state index contributed by atoms with van der Waals surface area (Å²) in [5, 5.41) is 1.19. The third-order valence-electron chi connectivity index (χ3n) is 8.49. The summed E-state index contributed by atoms with van der Waals surface area (Å²) in [7, 11) is 0. The Morgan fingerprint density at radius 1 is 0.800 bits per heavy atom. The van der Waals surface area contributed by atoms with E-state index in [1.54, 1.807) is 12.1 Å². The van der Waals surface area contributed by atoms with Crippen LogP contribution < -0.4 is 0 Å². The number of alkyl halides is 3. The van der Waals surface area contributed by atoms with Crippen LogP contribution in [0.3, 0.4) is 0 Å². The lowest BCUT2D eigenvalue weighted by Crippen LogP contribution is -2.07. The third kappa shape index (κ3) is 6.06. The van der Waals surface area contributed by atoms with Crippen LogP contribution in [0.15, 0.2) is 85.1 Å². The van der Waals surface area contributed by atoms with Crippen LogP contribution >= 0.6 is 0 Å². The predicted octanol–water partition coefficient (Wildman–Crippen LogP) is 11.1. The SMILES string of the molecule is CCCCCC1C=C(CC(c2ccc(C(F)(F)F)cc2)c2cn(CCCCC)c3ccccc23)c2ccccc21. The van der Waals surface area contributed by atoms with E-state index in [9.17, 15) is 13.2 Å². The standard InChI is InChI=1S/C36H40F3N/c1-3-5-7-13-27-23-28(31-15-9-8-14-30(27)31)24-33(26-18-20-29(21-19-26)36(37,38)39)34-25-40(22-12-6-4-2)35-17-11-10-16-32(34)35/h8-11,14-21,23,25,27,33H,3-7,12-13,22,24H2,1-2H3. The van der Waals surface area contributed by atoms with Gasteiger partial charge in [0, 0.05) is 35.5 Å². The van der Waals surface area contributed by atoms with Gasteiger partial charge in [0.2, 0.25) is 0 Å². The number of allylic oxidation sites excluding steroid dienone is 2. The molecule has 0 amide bonds. The number of para-hydroxylation sites is 1. The Bertz CT molecular complexity index is 1440. The van der Waals surface area contributed by atoms with E-state index in [0.29, 0.717) is 5.92 Å². The third-order valence-corrected chi connectivity index (χ3v) is 8.49. The highest BCUT2D eigenvalue weighted by molar-refractivity contribution is 5.86. The van der Waals surface area contributed by atoms with Gasteiger partial charge in [0.25, 0.3) is 0 Å². The summed E-state index contributed by atoms with van der Waals surface area (Å²) in [6, 6.07) is 23.1. The van der Waals surface area contributed by atoms with Crippen LogP contribution in [0, 0.1) is 0 Å². The maximum absolute atomic E-state index is 13.5. The van der Waals surface area contributed by atoms with Gasteiger partial charge in [0.1, 0.15) is 0 Å². The maximum Gasteiger partial charge on any atom is 0.416 e. The van der Waals surface area contributed by atoms with Crippen molar-refractivity contribution >= 4 is 16.5 Å². The van der Waals surface area contributed by atoms with E-state index in [1.165, 1.54) is 71.0 Å². The van der Waals surface area contributed by atoms with E-state index in [-0.39, 0.29) is 5.92 Å². The van der Waals surface area contributed by atoms with Crippen LogP contribution in [0.25, 0.3) is 16.5 Å². The molecule has 0 saturated heterocycles. The van der Waals surface area contributed by atoms with Crippen molar-refractivity contribution in [2.24, 2.45) is 0 Å². The molecule has 0 radical (unpaired) electrons. The molecule has 1 nitrogen and oxygen atoms in total. The van der Waals surface area contributed by atoms with Crippen molar-refractivity contribution in [3.63, 3.8) is 0 Å². The number of hydrogen-bond donors (Lipinski definition) is 0. The average molecular weight is 544 g/mol. The number of unbranched alkanes of at least 4 members (excludes halogenated alkanes) is 4. The van der Waals surface area contributed by atoms with Gasteiger partial charge in [0.15, 0.2) is 0 Å². The van der Waals surface area contributed by atoms with Gasteiger partial charge in [-0.2, -0.15) is 13.2 Å². The Hall–Kier alpha value is -3.27. The molecule has 1 aliphatic rings. The number of halogens is 3. The van der Waals surface area contributed by atoms with Crippen molar-refractivity contribution in [3.05, 3.63) is 113 Å². The first-order valence-electron chi connectivity index (χ1n) is 15.0. The van der Waals surface area contributed by atoms with Crippen molar-refractivity contribution in [2.75, 3.05) is 0 Å². The largest absolute Gasteiger partial charge is 0.416 e. The lowest BCUT2D eigenvalue weighted by molar-refractivity contribution is -0.137. The first-order valence-corrected chi connectivity index (χ1v) is 15.0. The molecule has 40 heavy (non-hydrogen) atoms. The van der Waals surface area contributed by atoms with Crippen molar-refractivity contribution in [3.8, 4) is 0 Å². The zero-order chi connectivity index (χ0) is 28.1. The molecule has 4 aromatic rings. The lowest BCUT2D eigenvalue weighted by atomic mass is 9.84. The van der Waals surface area contributed by atoms with Gasteiger partial charge in [-0.1, -0.05) is 107 Å². The Labute approximate surface area is 236 Å². The molecule has 0 aliphatic heterocycles. The Morgan fingerprint density at radius 3 is 2.25 bits per heavy atom. The Morgan fingerprint density at radius 2 is 1.50 bits per heavy atom. The summed E-state index contributed by atoms with van der Waals surface area (Å²) < 4.78 is 42.7. The van der Waals surface area contributed by atoms with Crippen LogP contribution in [-0.2, 0) is 12.7 Å². The van der Waals surface area contributed by atoms with Gasteiger partial charge in [-0.3, -0.25) is 0 Å². The highest BCUT2D eigenvalue weighted by Gasteiger charge is 2.31. The minimum Gasteiger partial charge on any atom is -0.347 e. The topological polar surface area (TPSA) is 4.93 Å². The number of rotatable bonds is 12. The van der Waals surface area contributed by atoms with Crippen LogP contribution in [0.2, 0.25) is 0 Å². The molecule has 0 saturated carbocycles. The van der Waals surface area contributed by atoms with Crippen molar-refractivity contribution in [2.45, 2.75) is 89.8 Å². The zero-order valence-electron chi connectivity index (χ0n) is 23.7. The molecule has 2 atom stereocenters. The molecule has 210 valence electrons. The number of hydrogen-bond acceptors (Lipinski definition) is 0. The van der Waals surface area contributed by atoms with E-state index in [1.807, 2.05) is 0 Å². The number of aryl methyl sites for hydroxylation is 1. The Balaban J connectivity index is 1.57. The van der Waals surface area contributed by atoms with E-state index in [2.05, 4.69) is 79.2 Å². The van der Waals surface area contributed by atoms with Gasteiger partial charge in [-0.15, -0.1) is 0 Å². The average Bonchev–Trinajstić information content (AvgIpc) is 3.50. The van der Waals surface area contributed by atoms with Gasteiger partial charge in [-0.05, 0) is 65.3 Å². The molecule has 0 bridgehead atoms. The van der Waals surface area contributed by atoms with Crippen LogP contribution in [0.4, 0.5) is 13.2 Å². The molecular weight excluding hydrogens is 503 g/mol. The molecule has 0 spiro atoms. The normalized spacial score (nSPS) is 15.8. The second-order valence-electron chi connectivity index (χ2n) is 11.3. The van der Waals surface area contributed by atoms with Gasteiger partial charge < -0.3 is 4.57 Å². The van der Waals surface area contributed by atoms with Crippen molar-refractivity contribution in [1.29, 1.82) is 0 Å². The zero-order valence-corrected chi connectivity index (χ0v) is 23.7. The minimum absolute atomic E-state index is 0.0479. The summed E-state index contributed by atoms with van der Waals surface area (Å²) in [5.74, 6) is 0.356. The van der Waals surface area contributed by atoms with Crippen molar-refractivity contribution < 1.29 is 13.2 Å². The minimum atomic E-state index is -4.35. The summed E-state index contributed by atoms with van der Waals surface area (Å²) in [5.41, 5.74) is 6.72. The van der Waals surface area contributed by atoms with E-state index in [0.717, 1.165) is 37.8 Å². The Kier molecular flexibility index (Phi) is 8.83. The van der Waals surface area contributed by atoms with Gasteiger partial charge >= 0.3 is 6.18 Å². The molecular formula is C36H40F3N. The van der Waals surface area contributed by atoms with Gasteiger partial charge in [0.05, 0.1) is 5.56 Å². The summed E-state index contributed by atoms with van der Waals surface area (Å²) in [6.07, 6.45) is 9.33. The summed E-state index contributed by atoms with van der Waals surface area (Å²) in [6.45, 7) is 5.39. The predicted molar refractivity (Wildman–Crippen MR) is 161 cm³/mol. The molecule has 1 aromatic heterocycles. The molecule has 4 heteroatoms. The van der Waals surface area contributed by atoms with Crippen LogP contribution in [-0.4, -0.2) is 4.57 Å².